The van der Waals surface area contributed by atoms with Crippen LogP contribution in [0.3, 0.4) is 0 Å². The first-order chi connectivity index (χ1) is 12.6. The van der Waals surface area contributed by atoms with Crippen LogP contribution in [0.2, 0.25) is 0 Å². The molecule has 1 N–H and O–H groups in total. The summed E-state index contributed by atoms with van der Waals surface area (Å²) in [4.78, 5) is 24.1. The number of methoxy groups -OCH3 is 1. The molecular weight excluding hydrogens is 350 g/mol. The van der Waals surface area contributed by atoms with E-state index in [-0.39, 0.29) is 17.4 Å². The molecule has 0 aliphatic carbocycles. The third-order valence-corrected chi connectivity index (χ3v) is 3.22. The van der Waals surface area contributed by atoms with Gasteiger partial charge in [0, 0.05) is 18.6 Å². The molecule has 3 rings (SSSR count). The lowest BCUT2D eigenvalue weighted by atomic mass is 10.2. The van der Waals surface area contributed by atoms with Crippen LogP contribution in [0, 0.1) is 0 Å². The highest BCUT2D eigenvalue weighted by Gasteiger charge is 2.24. The Morgan fingerprint density at radius 2 is 1.96 bits per heavy atom. The predicted molar refractivity (Wildman–Crippen MR) is 82.9 cm³/mol. The molecule has 0 radical (unpaired) electrons. The number of aromatic nitrogens is 5. The van der Waals surface area contributed by atoms with Crippen LogP contribution < -0.4 is 5.32 Å². The first kappa shape index (κ1) is 17.3. The van der Waals surface area contributed by atoms with E-state index >= 15 is 0 Å². The maximum atomic E-state index is 12.5. The summed E-state index contributed by atoms with van der Waals surface area (Å²) in [6.45, 7) is 0. The molecular formula is C15H12F2N6O3. The number of anilines is 1. The number of hydrogen-bond donors (Lipinski definition) is 1. The molecule has 0 aliphatic heterocycles. The second kappa shape index (κ2) is 7.59. The number of rotatable bonds is 6. The zero-order chi connectivity index (χ0) is 18.5. The predicted octanol–water partition coefficient (Wildman–Crippen LogP) is 2.19. The topological polar surface area (TPSA) is 116 Å². The lowest BCUT2D eigenvalue weighted by molar-refractivity contribution is -0.141. The highest BCUT2D eigenvalue weighted by molar-refractivity contribution is 5.79. The van der Waals surface area contributed by atoms with Crippen LogP contribution in [0.4, 0.5) is 14.7 Å². The molecule has 0 spiro atoms. The van der Waals surface area contributed by atoms with Crippen molar-refractivity contribution in [3.05, 3.63) is 48.4 Å². The fourth-order valence-electron chi connectivity index (χ4n) is 2.00. The van der Waals surface area contributed by atoms with Crippen molar-refractivity contribution in [3.63, 3.8) is 0 Å². The summed E-state index contributed by atoms with van der Waals surface area (Å²) in [5.41, 5.74) is 0.674. The molecule has 3 aromatic rings. The molecule has 0 bridgehead atoms. The number of halogens is 2. The molecule has 3 heterocycles. The molecule has 11 heteroatoms. The molecule has 3 aromatic heterocycles. The third-order valence-electron chi connectivity index (χ3n) is 3.22. The van der Waals surface area contributed by atoms with E-state index in [1.54, 1.807) is 18.2 Å². The number of pyridine rings is 1. The van der Waals surface area contributed by atoms with E-state index in [1.807, 2.05) is 0 Å². The number of nitrogens with zero attached hydrogens (tertiary/aromatic N) is 5. The molecule has 134 valence electrons. The SMILES string of the molecule is COC(=O)C(Nc1ncc(-c2nnc(C(F)F)o2)cn1)c1ccccn1. The number of esters is 1. The monoisotopic (exact) mass is 362 g/mol. The van der Waals surface area contributed by atoms with Gasteiger partial charge in [-0.2, -0.15) is 8.78 Å². The number of carbonyl (C=O) groups excluding carboxylic acids is 1. The summed E-state index contributed by atoms with van der Waals surface area (Å²) < 4.78 is 34.6. The molecule has 0 saturated carbocycles. The number of nitrogens with one attached hydrogen (secondary N) is 1. The van der Waals surface area contributed by atoms with Crippen LogP contribution in [0.5, 0.6) is 0 Å². The molecule has 9 nitrogen and oxygen atoms in total. The van der Waals surface area contributed by atoms with Gasteiger partial charge in [0.15, 0.2) is 6.04 Å². The molecule has 0 saturated heterocycles. The summed E-state index contributed by atoms with van der Waals surface area (Å²) >= 11 is 0. The number of ether oxygens (including phenoxy) is 1. The Bertz CT molecular complexity index is 873. The Balaban J connectivity index is 1.79. The van der Waals surface area contributed by atoms with E-state index in [1.165, 1.54) is 25.7 Å². The minimum Gasteiger partial charge on any atom is -0.467 e. The van der Waals surface area contributed by atoms with Crippen molar-refractivity contribution in [2.24, 2.45) is 0 Å². The summed E-state index contributed by atoms with van der Waals surface area (Å²) in [5, 5.41) is 9.54. The molecule has 26 heavy (non-hydrogen) atoms. The Morgan fingerprint density at radius 3 is 2.54 bits per heavy atom. The molecule has 0 aromatic carbocycles. The highest BCUT2D eigenvalue weighted by atomic mass is 19.3. The Morgan fingerprint density at radius 1 is 1.19 bits per heavy atom. The van der Waals surface area contributed by atoms with Crippen LogP contribution in [0.1, 0.15) is 24.1 Å². The van der Waals surface area contributed by atoms with Gasteiger partial charge in [0.05, 0.1) is 18.4 Å². The van der Waals surface area contributed by atoms with Gasteiger partial charge in [0.1, 0.15) is 0 Å². The first-order valence-electron chi connectivity index (χ1n) is 7.27. The fourth-order valence-corrected chi connectivity index (χ4v) is 2.00. The first-order valence-corrected chi connectivity index (χ1v) is 7.27. The molecule has 1 unspecified atom stereocenters. The Hall–Kier alpha value is -3.50. The number of carbonyl (C=O) groups is 1. The van der Waals surface area contributed by atoms with Crippen molar-refractivity contribution in [2.75, 3.05) is 12.4 Å². The van der Waals surface area contributed by atoms with Gasteiger partial charge in [-0.15, -0.1) is 10.2 Å². The van der Waals surface area contributed by atoms with Gasteiger partial charge in [-0.3, -0.25) is 4.98 Å². The van der Waals surface area contributed by atoms with E-state index in [9.17, 15) is 13.6 Å². The van der Waals surface area contributed by atoms with E-state index < -0.39 is 24.3 Å². The zero-order valence-corrected chi connectivity index (χ0v) is 13.3. The smallest absolute Gasteiger partial charge is 0.334 e. The summed E-state index contributed by atoms with van der Waals surface area (Å²) in [6, 6.07) is 4.16. The second-order valence-electron chi connectivity index (χ2n) is 4.90. The van der Waals surface area contributed by atoms with E-state index in [0.717, 1.165) is 0 Å². The standard InChI is InChI=1S/C15H12F2N6O3/c1-25-14(24)10(9-4-2-3-5-18-9)21-15-19-6-8(7-20-15)12-22-23-13(26-12)11(16)17/h2-7,10-11H,1H3,(H,19,20,21). The quantitative estimate of drug-likeness (QED) is 0.659. The second-order valence-corrected chi connectivity index (χ2v) is 4.90. The summed E-state index contributed by atoms with van der Waals surface area (Å²) in [7, 11) is 1.25. The van der Waals surface area contributed by atoms with Gasteiger partial charge < -0.3 is 14.5 Å². The van der Waals surface area contributed by atoms with Crippen molar-refractivity contribution >= 4 is 11.9 Å². The highest BCUT2D eigenvalue weighted by Crippen LogP contribution is 2.23. The number of hydrogen-bond acceptors (Lipinski definition) is 9. The largest absolute Gasteiger partial charge is 0.467 e. The third kappa shape index (κ3) is 3.77. The molecule has 1 atom stereocenters. The van der Waals surface area contributed by atoms with Crippen LogP contribution >= 0.6 is 0 Å². The number of alkyl halides is 2. The van der Waals surface area contributed by atoms with Crippen molar-refractivity contribution < 1.29 is 22.7 Å². The fraction of sp³-hybridized carbons (Fsp3) is 0.200. The van der Waals surface area contributed by atoms with Gasteiger partial charge in [-0.25, -0.2) is 14.8 Å². The normalized spacial score (nSPS) is 12.0. The van der Waals surface area contributed by atoms with Crippen LogP contribution in [-0.2, 0) is 9.53 Å². The van der Waals surface area contributed by atoms with E-state index in [2.05, 4.69) is 30.5 Å². The average Bonchev–Trinajstić information content (AvgIpc) is 3.17. The van der Waals surface area contributed by atoms with Crippen LogP contribution in [0.15, 0.2) is 41.2 Å². The maximum absolute atomic E-state index is 12.5. The van der Waals surface area contributed by atoms with Gasteiger partial charge in [0.2, 0.25) is 5.95 Å². The van der Waals surface area contributed by atoms with E-state index in [4.69, 9.17) is 9.15 Å². The van der Waals surface area contributed by atoms with Gasteiger partial charge in [-0.05, 0) is 12.1 Å². The van der Waals surface area contributed by atoms with Gasteiger partial charge in [-0.1, -0.05) is 6.07 Å². The van der Waals surface area contributed by atoms with Crippen LogP contribution in [-0.4, -0.2) is 38.2 Å². The lowest BCUT2D eigenvalue weighted by Gasteiger charge is -2.15. The molecule has 0 amide bonds. The summed E-state index contributed by atoms with van der Waals surface area (Å²) in [5.74, 6) is -1.40. The maximum Gasteiger partial charge on any atom is 0.334 e. The van der Waals surface area contributed by atoms with E-state index in [0.29, 0.717) is 5.69 Å². The van der Waals surface area contributed by atoms with Crippen molar-refractivity contribution in [1.29, 1.82) is 0 Å². The average molecular weight is 362 g/mol. The zero-order valence-electron chi connectivity index (χ0n) is 13.3. The Kier molecular flexibility index (Phi) is 5.06. The Labute approximate surface area is 145 Å². The van der Waals surface area contributed by atoms with Gasteiger partial charge >= 0.3 is 12.4 Å². The van der Waals surface area contributed by atoms with Crippen molar-refractivity contribution in [1.82, 2.24) is 25.1 Å². The molecule has 0 fully saturated rings. The van der Waals surface area contributed by atoms with Crippen LogP contribution in [0.25, 0.3) is 11.5 Å². The van der Waals surface area contributed by atoms with Gasteiger partial charge in [0.25, 0.3) is 11.8 Å². The lowest BCUT2D eigenvalue weighted by Crippen LogP contribution is -2.24. The minimum absolute atomic E-state index is 0.100. The van der Waals surface area contributed by atoms with Crippen molar-refractivity contribution in [3.8, 4) is 11.5 Å². The minimum atomic E-state index is -2.86. The summed E-state index contributed by atoms with van der Waals surface area (Å²) in [6.07, 6.45) is 1.26. The van der Waals surface area contributed by atoms with Crippen molar-refractivity contribution in [2.45, 2.75) is 12.5 Å². The molecule has 0 aliphatic rings.